The summed E-state index contributed by atoms with van der Waals surface area (Å²) in [5.74, 6) is 0. The minimum absolute atomic E-state index is 0.858. The molecule has 0 aliphatic carbocycles. The fraction of sp³-hybridized carbons (Fsp3) is 0. The van der Waals surface area contributed by atoms with Gasteiger partial charge in [-0.1, -0.05) is 224 Å². The molecule has 70 heavy (non-hydrogen) atoms. The molecule has 0 aliphatic heterocycles. The van der Waals surface area contributed by atoms with E-state index in [4.69, 9.17) is 4.42 Å². The Bertz CT molecular complexity index is 4030. The highest BCUT2D eigenvalue weighted by molar-refractivity contribution is 6.18. The lowest BCUT2D eigenvalue weighted by atomic mass is 9.85. The van der Waals surface area contributed by atoms with Crippen LogP contribution in [0.4, 0.5) is 17.1 Å². The van der Waals surface area contributed by atoms with Crippen molar-refractivity contribution in [2.24, 2.45) is 0 Å². The molecule has 0 radical (unpaired) electrons. The van der Waals surface area contributed by atoms with Crippen LogP contribution in [0, 0.1) is 0 Å². The van der Waals surface area contributed by atoms with Gasteiger partial charge >= 0.3 is 0 Å². The number of hydrogen-bond acceptors (Lipinski definition) is 2. The number of rotatable bonds is 9. The second-order valence-corrected chi connectivity index (χ2v) is 18.0. The summed E-state index contributed by atoms with van der Waals surface area (Å²) in [5, 5.41) is 7.00. The molecule has 2 nitrogen and oxygen atoms in total. The highest BCUT2D eigenvalue weighted by Crippen LogP contribution is 2.48. The Morgan fingerprint density at radius 3 is 1.57 bits per heavy atom. The van der Waals surface area contributed by atoms with Crippen LogP contribution in [0.15, 0.2) is 277 Å². The normalized spacial score (nSPS) is 11.4. The number of para-hydroxylation sites is 1. The summed E-state index contributed by atoms with van der Waals surface area (Å²) in [6, 6.07) is 98.6. The van der Waals surface area contributed by atoms with E-state index < -0.39 is 0 Å². The average Bonchev–Trinajstić information content (AvgIpc) is 3.84. The third kappa shape index (κ3) is 7.22. The van der Waals surface area contributed by atoms with Gasteiger partial charge in [0, 0.05) is 22.3 Å². The second kappa shape index (κ2) is 17.4. The Hall–Kier alpha value is -9.24. The summed E-state index contributed by atoms with van der Waals surface area (Å²) in [7, 11) is 0. The van der Waals surface area contributed by atoms with Gasteiger partial charge in [-0.3, -0.25) is 0 Å². The van der Waals surface area contributed by atoms with Crippen LogP contribution in [0.25, 0.3) is 110 Å². The number of anilines is 3. The molecule has 13 rings (SSSR count). The average molecular weight is 892 g/mol. The third-order valence-electron chi connectivity index (χ3n) is 13.9. The molecule has 328 valence electrons. The molecule has 0 atom stereocenters. The topological polar surface area (TPSA) is 16.4 Å². The molecule has 0 N–H and O–H groups in total. The molecule has 0 fully saturated rings. The largest absolute Gasteiger partial charge is 0.455 e. The van der Waals surface area contributed by atoms with Gasteiger partial charge in [-0.05, 0) is 131 Å². The van der Waals surface area contributed by atoms with Gasteiger partial charge in [-0.25, -0.2) is 0 Å². The number of hydrogen-bond donors (Lipinski definition) is 0. The van der Waals surface area contributed by atoms with Crippen molar-refractivity contribution >= 4 is 60.5 Å². The molecule has 0 bridgehead atoms. The predicted molar refractivity (Wildman–Crippen MR) is 296 cm³/mol. The van der Waals surface area contributed by atoms with E-state index >= 15 is 0 Å². The van der Waals surface area contributed by atoms with Crippen LogP contribution in [0.5, 0.6) is 0 Å². The van der Waals surface area contributed by atoms with Gasteiger partial charge in [-0.2, -0.15) is 0 Å². The van der Waals surface area contributed by atoms with Crippen molar-refractivity contribution in [2.75, 3.05) is 4.90 Å². The number of benzene rings is 12. The maximum atomic E-state index is 6.95. The fourth-order valence-corrected chi connectivity index (χ4v) is 10.6. The van der Waals surface area contributed by atoms with Crippen LogP contribution in [0.2, 0.25) is 0 Å². The minimum Gasteiger partial charge on any atom is -0.455 e. The zero-order valence-electron chi connectivity index (χ0n) is 38.3. The van der Waals surface area contributed by atoms with Crippen molar-refractivity contribution in [2.45, 2.75) is 0 Å². The van der Waals surface area contributed by atoms with Crippen LogP contribution in [0.3, 0.4) is 0 Å². The molecule has 1 aromatic heterocycles. The van der Waals surface area contributed by atoms with Crippen molar-refractivity contribution in [1.82, 2.24) is 0 Å². The van der Waals surface area contributed by atoms with Gasteiger partial charge in [0.05, 0.1) is 11.1 Å². The van der Waals surface area contributed by atoms with Gasteiger partial charge in [0.15, 0.2) is 0 Å². The lowest BCUT2D eigenvalue weighted by Gasteiger charge is -2.27. The SMILES string of the molecule is c1ccc(-c2cccc(-c3ccccc3-c3ccc(N(c4ccc(-c5ccc6ccccc6c5)cc4)c4ccc(-c5cccc6ccccc56)c5oc6ccccc6c45)cc3)c2-c2ccccc2)cc1. The quantitative estimate of drug-likeness (QED) is 0.144. The Morgan fingerprint density at radius 2 is 0.800 bits per heavy atom. The Morgan fingerprint density at radius 1 is 0.271 bits per heavy atom. The molecule has 13 aromatic rings. The Kier molecular flexibility index (Phi) is 10.2. The monoisotopic (exact) mass is 891 g/mol. The maximum Gasteiger partial charge on any atom is 0.145 e. The Labute approximate surface area is 407 Å². The molecule has 2 heteroatoms. The standard InChI is InChI=1S/C68H45NO/c1-3-18-49(19-4-1)58-29-16-31-61(66(58)51-21-5-2-6-22-51)59-27-12-11-26-57(59)50-37-41-55(42-38-50)69(54-39-35-47(36-40-54)53-34-33-46-17-7-8-23-52(46)45-53)64-44-43-62(60-30-15-24-48-20-9-10-25-56(48)60)68-67(64)63-28-13-14-32-65(63)70-68/h1-45H. The van der Waals surface area contributed by atoms with E-state index in [1.165, 1.54) is 66.1 Å². The van der Waals surface area contributed by atoms with Crippen LogP contribution < -0.4 is 4.90 Å². The third-order valence-corrected chi connectivity index (χ3v) is 13.9. The molecule has 12 aromatic carbocycles. The minimum atomic E-state index is 0.858. The highest BCUT2D eigenvalue weighted by Gasteiger charge is 2.24. The lowest BCUT2D eigenvalue weighted by Crippen LogP contribution is -2.10. The van der Waals surface area contributed by atoms with E-state index in [1.54, 1.807) is 0 Å². The number of furan rings is 1. The smallest absolute Gasteiger partial charge is 0.145 e. The summed E-state index contributed by atoms with van der Waals surface area (Å²) < 4.78 is 6.95. The summed E-state index contributed by atoms with van der Waals surface area (Å²) in [6.07, 6.45) is 0. The van der Waals surface area contributed by atoms with E-state index in [0.29, 0.717) is 0 Å². The molecule has 0 unspecified atom stereocenters. The first kappa shape index (κ1) is 41.0. The molecule has 0 spiro atoms. The molecule has 0 amide bonds. The second-order valence-electron chi connectivity index (χ2n) is 18.0. The van der Waals surface area contributed by atoms with Gasteiger partial charge in [-0.15, -0.1) is 0 Å². The Balaban J connectivity index is 0.979. The van der Waals surface area contributed by atoms with E-state index in [-0.39, 0.29) is 0 Å². The molecule has 0 saturated heterocycles. The zero-order valence-corrected chi connectivity index (χ0v) is 38.3. The molecule has 0 saturated carbocycles. The zero-order chi connectivity index (χ0) is 46.4. The van der Waals surface area contributed by atoms with Gasteiger partial charge in [0.1, 0.15) is 11.2 Å². The predicted octanol–water partition coefficient (Wildman–Crippen LogP) is 19.4. The maximum absolute atomic E-state index is 6.95. The first-order valence-corrected chi connectivity index (χ1v) is 24.0. The van der Waals surface area contributed by atoms with Crippen LogP contribution in [-0.4, -0.2) is 0 Å². The van der Waals surface area contributed by atoms with Crippen molar-refractivity contribution in [3.05, 3.63) is 273 Å². The van der Waals surface area contributed by atoms with Crippen LogP contribution >= 0.6 is 0 Å². The first-order valence-electron chi connectivity index (χ1n) is 24.0. The highest BCUT2D eigenvalue weighted by atomic mass is 16.3. The lowest BCUT2D eigenvalue weighted by molar-refractivity contribution is 0.670. The number of nitrogens with zero attached hydrogens (tertiary/aromatic N) is 1. The molecular weight excluding hydrogens is 847 g/mol. The van der Waals surface area contributed by atoms with Crippen molar-refractivity contribution < 1.29 is 4.42 Å². The van der Waals surface area contributed by atoms with Crippen molar-refractivity contribution in [3.63, 3.8) is 0 Å². The van der Waals surface area contributed by atoms with Crippen molar-refractivity contribution in [1.29, 1.82) is 0 Å². The van der Waals surface area contributed by atoms with Gasteiger partial charge < -0.3 is 9.32 Å². The molecule has 1 heterocycles. The van der Waals surface area contributed by atoms with E-state index in [0.717, 1.165) is 61.3 Å². The van der Waals surface area contributed by atoms with E-state index in [2.05, 4.69) is 278 Å². The molecule has 0 aliphatic rings. The summed E-state index contributed by atoms with van der Waals surface area (Å²) in [6.45, 7) is 0. The van der Waals surface area contributed by atoms with Crippen LogP contribution in [0.1, 0.15) is 0 Å². The van der Waals surface area contributed by atoms with Gasteiger partial charge in [0.25, 0.3) is 0 Å². The summed E-state index contributed by atoms with van der Waals surface area (Å²) in [5.41, 5.74) is 18.9. The number of fused-ring (bicyclic) bond motifs is 5. The summed E-state index contributed by atoms with van der Waals surface area (Å²) in [4.78, 5) is 2.40. The fourth-order valence-electron chi connectivity index (χ4n) is 10.6. The first-order chi connectivity index (χ1) is 34.7. The van der Waals surface area contributed by atoms with Crippen LogP contribution in [-0.2, 0) is 0 Å². The van der Waals surface area contributed by atoms with E-state index in [9.17, 15) is 0 Å². The van der Waals surface area contributed by atoms with Gasteiger partial charge in [0.2, 0.25) is 0 Å². The molecular formula is C68H45NO. The summed E-state index contributed by atoms with van der Waals surface area (Å²) >= 11 is 0. The van der Waals surface area contributed by atoms with E-state index in [1.807, 2.05) is 0 Å². The van der Waals surface area contributed by atoms with Crippen molar-refractivity contribution in [3.8, 4) is 66.8 Å².